The number of esters is 1. The van der Waals surface area contributed by atoms with Crippen LogP contribution in [0.1, 0.15) is 50.5 Å². The molecule has 1 aromatic rings. The maximum atomic E-state index is 13.1. The fourth-order valence-corrected chi connectivity index (χ4v) is 4.35. The Morgan fingerprint density at radius 1 is 1.22 bits per heavy atom. The predicted octanol–water partition coefficient (Wildman–Crippen LogP) is 3.85. The number of hydrogen-bond acceptors (Lipinski definition) is 5. The van der Waals surface area contributed by atoms with Crippen LogP contribution in [0.2, 0.25) is 0 Å². The minimum Gasteiger partial charge on any atom is -0.464 e. The van der Waals surface area contributed by atoms with Crippen molar-refractivity contribution < 1.29 is 9.53 Å². The maximum Gasteiger partial charge on any atom is 0.333 e. The summed E-state index contributed by atoms with van der Waals surface area (Å²) >= 11 is 0. The number of rotatable bonds is 3. The lowest BCUT2D eigenvalue weighted by Gasteiger charge is -2.40. The molecule has 0 aliphatic heterocycles. The van der Waals surface area contributed by atoms with Crippen molar-refractivity contribution in [1.82, 2.24) is 0 Å². The molecule has 3 rings (SSSR count). The number of allylic oxidation sites excluding steroid dienone is 3. The summed E-state index contributed by atoms with van der Waals surface area (Å²) < 4.78 is 5.29. The fourth-order valence-electron chi connectivity index (χ4n) is 4.35. The topological polar surface area (TPSA) is 99.9 Å². The quantitative estimate of drug-likeness (QED) is 0.824. The van der Waals surface area contributed by atoms with Gasteiger partial charge in [0, 0.05) is 5.92 Å². The van der Waals surface area contributed by atoms with Crippen LogP contribution in [0.3, 0.4) is 0 Å². The summed E-state index contributed by atoms with van der Waals surface area (Å²) in [4.78, 5) is 13.1. The van der Waals surface area contributed by atoms with E-state index in [-0.39, 0.29) is 17.9 Å². The van der Waals surface area contributed by atoms with Crippen LogP contribution in [-0.4, -0.2) is 12.6 Å². The van der Waals surface area contributed by atoms with E-state index in [0.717, 1.165) is 48.8 Å². The average molecular weight is 361 g/mol. The SMILES string of the molecule is CCOC(=O)[C@@]1(C#N)C(N)=C(C#N)C2=C(CCCCC2)[C@H]1c1ccccc1. The summed E-state index contributed by atoms with van der Waals surface area (Å²) in [5, 5.41) is 20.0. The monoisotopic (exact) mass is 361 g/mol. The normalized spacial score (nSPS) is 25.1. The first-order chi connectivity index (χ1) is 13.1. The predicted molar refractivity (Wildman–Crippen MR) is 101 cm³/mol. The molecule has 0 fully saturated rings. The second-order valence-electron chi connectivity index (χ2n) is 6.95. The van der Waals surface area contributed by atoms with Gasteiger partial charge < -0.3 is 10.5 Å². The van der Waals surface area contributed by atoms with Crippen LogP contribution in [0, 0.1) is 28.1 Å². The highest BCUT2D eigenvalue weighted by molar-refractivity contribution is 5.88. The molecule has 5 nitrogen and oxygen atoms in total. The van der Waals surface area contributed by atoms with Gasteiger partial charge in [0.25, 0.3) is 0 Å². The number of hydrogen-bond donors (Lipinski definition) is 1. The Bertz CT molecular complexity index is 886. The lowest BCUT2D eigenvalue weighted by molar-refractivity contribution is -0.151. The molecule has 0 saturated carbocycles. The molecule has 0 saturated heterocycles. The van der Waals surface area contributed by atoms with E-state index in [2.05, 4.69) is 12.1 Å². The lowest BCUT2D eigenvalue weighted by atomic mass is 9.61. The van der Waals surface area contributed by atoms with Crippen molar-refractivity contribution in [2.75, 3.05) is 6.61 Å². The van der Waals surface area contributed by atoms with E-state index in [9.17, 15) is 15.3 Å². The largest absolute Gasteiger partial charge is 0.464 e. The molecule has 2 aliphatic carbocycles. The van der Waals surface area contributed by atoms with Gasteiger partial charge in [0.2, 0.25) is 5.41 Å². The van der Waals surface area contributed by atoms with Crippen molar-refractivity contribution in [1.29, 1.82) is 10.5 Å². The van der Waals surface area contributed by atoms with E-state index in [1.165, 1.54) is 0 Å². The van der Waals surface area contributed by atoms with Gasteiger partial charge in [-0.05, 0) is 43.7 Å². The van der Waals surface area contributed by atoms with Gasteiger partial charge >= 0.3 is 5.97 Å². The lowest BCUT2D eigenvalue weighted by Crippen LogP contribution is -2.46. The summed E-state index contributed by atoms with van der Waals surface area (Å²) in [7, 11) is 0. The zero-order chi connectivity index (χ0) is 19.4. The van der Waals surface area contributed by atoms with E-state index < -0.39 is 17.3 Å². The first kappa shape index (κ1) is 18.7. The molecule has 2 atom stereocenters. The zero-order valence-corrected chi connectivity index (χ0v) is 15.5. The third kappa shape index (κ3) is 2.90. The molecular formula is C22H23N3O2. The summed E-state index contributed by atoms with van der Waals surface area (Å²) in [6, 6.07) is 13.8. The molecule has 0 unspecified atom stereocenters. The first-order valence-corrected chi connectivity index (χ1v) is 9.37. The molecule has 0 aromatic heterocycles. The highest BCUT2D eigenvalue weighted by Gasteiger charge is 2.56. The summed E-state index contributed by atoms with van der Waals surface area (Å²) in [6.45, 7) is 1.84. The molecule has 1 aromatic carbocycles. The van der Waals surface area contributed by atoms with E-state index in [1.807, 2.05) is 30.3 Å². The van der Waals surface area contributed by atoms with Gasteiger partial charge in [-0.2, -0.15) is 10.5 Å². The Labute approximate surface area is 159 Å². The van der Waals surface area contributed by atoms with Gasteiger partial charge in [-0.15, -0.1) is 0 Å². The number of ether oxygens (including phenoxy) is 1. The average Bonchev–Trinajstić information content (AvgIpc) is 2.93. The number of carbonyl (C=O) groups is 1. The molecule has 0 spiro atoms. The highest BCUT2D eigenvalue weighted by atomic mass is 16.5. The van der Waals surface area contributed by atoms with E-state index in [0.29, 0.717) is 0 Å². The van der Waals surface area contributed by atoms with E-state index in [4.69, 9.17) is 10.5 Å². The molecule has 5 heteroatoms. The number of nitrogens with zero attached hydrogens (tertiary/aromatic N) is 2. The van der Waals surface area contributed by atoms with Gasteiger partial charge in [0.05, 0.1) is 23.9 Å². The van der Waals surface area contributed by atoms with Gasteiger partial charge in [-0.1, -0.05) is 42.3 Å². The van der Waals surface area contributed by atoms with Crippen LogP contribution < -0.4 is 5.73 Å². The van der Waals surface area contributed by atoms with Crippen LogP contribution in [0.5, 0.6) is 0 Å². The van der Waals surface area contributed by atoms with Gasteiger partial charge in [-0.3, -0.25) is 0 Å². The summed E-state index contributed by atoms with van der Waals surface area (Å²) in [5.74, 6) is -1.21. The second kappa shape index (κ2) is 7.68. The number of carbonyl (C=O) groups excluding carboxylic acids is 1. The minimum absolute atomic E-state index is 0.0282. The van der Waals surface area contributed by atoms with Crippen LogP contribution in [0.15, 0.2) is 52.7 Å². The van der Waals surface area contributed by atoms with Crippen molar-refractivity contribution in [3.8, 4) is 12.1 Å². The smallest absolute Gasteiger partial charge is 0.333 e. The van der Waals surface area contributed by atoms with Crippen LogP contribution in [0.4, 0.5) is 0 Å². The third-order valence-electron chi connectivity index (χ3n) is 5.56. The highest BCUT2D eigenvalue weighted by Crippen LogP contribution is 2.54. The molecule has 2 N–H and O–H groups in total. The Kier molecular flexibility index (Phi) is 5.33. The van der Waals surface area contributed by atoms with Crippen molar-refractivity contribution >= 4 is 5.97 Å². The van der Waals surface area contributed by atoms with Crippen molar-refractivity contribution in [2.24, 2.45) is 11.1 Å². The molecule has 0 heterocycles. The molecular weight excluding hydrogens is 338 g/mol. The standard InChI is InChI=1S/C22H23N3O2/c1-2-27-21(26)22(14-24)19(15-9-5-3-6-10-15)17-12-8-4-7-11-16(17)18(13-23)20(22)25/h3,5-6,9-10,19H,2,4,7-8,11-12,25H2,1H3/t19-,22-/m1/s1. The van der Waals surface area contributed by atoms with Crippen molar-refractivity contribution in [2.45, 2.75) is 44.9 Å². The maximum absolute atomic E-state index is 13.1. The van der Waals surface area contributed by atoms with Gasteiger partial charge in [0.1, 0.15) is 6.07 Å². The van der Waals surface area contributed by atoms with Crippen molar-refractivity contribution in [3.63, 3.8) is 0 Å². The number of nitriles is 2. The fraction of sp³-hybridized carbons (Fsp3) is 0.409. The van der Waals surface area contributed by atoms with Crippen LogP contribution in [0.25, 0.3) is 0 Å². The molecule has 0 radical (unpaired) electrons. The molecule has 2 aliphatic rings. The van der Waals surface area contributed by atoms with Crippen molar-refractivity contribution in [3.05, 3.63) is 58.3 Å². The van der Waals surface area contributed by atoms with Crippen LogP contribution >= 0.6 is 0 Å². The molecule has 0 amide bonds. The van der Waals surface area contributed by atoms with Gasteiger partial charge in [-0.25, -0.2) is 4.79 Å². The van der Waals surface area contributed by atoms with E-state index in [1.54, 1.807) is 6.92 Å². The van der Waals surface area contributed by atoms with Gasteiger partial charge in [0.15, 0.2) is 0 Å². The Morgan fingerprint density at radius 2 is 1.93 bits per heavy atom. The minimum atomic E-state index is -1.72. The Hall–Kier alpha value is -3.05. The zero-order valence-electron chi connectivity index (χ0n) is 15.5. The Morgan fingerprint density at radius 3 is 2.56 bits per heavy atom. The second-order valence-corrected chi connectivity index (χ2v) is 6.95. The molecule has 138 valence electrons. The Balaban J connectivity index is 2.35. The number of nitrogens with two attached hydrogens (primary N) is 1. The summed E-state index contributed by atoms with van der Waals surface area (Å²) in [6.07, 6.45) is 4.47. The van der Waals surface area contributed by atoms with E-state index >= 15 is 0 Å². The first-order valence-electron chi connectivity index (χ1n) is 9.37. The molecule has 27 heavy (non-hydrogen) atoms. The van der Waals surface area contributed by atoms with Crippen LogP contribution in [-0.2, 0) is 9.53 Å². The summed E-state index contributed by atoms with van der Waals surface area (Å²) in [5.41, 5.74) is 7.74. The number of benzene rings is 1. The molecule has 0 bridgehead atoms. The third-order valence-corrected chi connectivity index (χ3v) is 5.56.